The molecule has 2 nitrogen and oxygen atoms in total. The van der Waals surface area contributed by atoms with Gasteiger partial charge in [-0.3, -0.25) is 4.79 Å². The molecule has 1 amide bonds. The van der Waals surface area contributed by atoms with Crippen molar-refractivity contribution in [1.82, 2.24) is 0 Å². The maximum atomic E-state index is 13.1. The Hall–Kier alpha value is -1.88. The summed E-state index contributed by atoms with van der Waals surface area (Å²) in [6.45, 7) is 3.63. The molecule has 1 N–H and O–H groups in total. The van der Waals surface area contributed by atoms with Gasteiger partial charge in [-0.05, 0) is 43.7 Å². The Bertz CT molecular complexity index is 660. The number of carbonyl (C=O) groups is 1. The summed E-state index contributed by atoms with van der Waals surface area (Å²) < 4.78 is 26.0. The molecule has 21 heavy (non-hydrogen) atoms. The fourth-order valence-electron chi connectivity index (χ4n) is 1.76. The van der Waals surface area contributed by atoms with Crippen molar-refractivity contribution in [2.45, 2.75) is 24.0 Å². The second-order valence-corrected chi connectivity index (χ2v) is 6.05. The molecule has 1 atom stereocenters. The summed E-state index contributed by atoms with van der Waals surface area (Å²) >= 11 is 1.18. The van der Waals surface area contributed by atoms with Crippen LogP contribution in [0.4, 0.5) is 14.5 Å². The van der Waals surface area contributed by atoms with Crippen molar-refractivity contribution in [3.63, 3.8) is 0 Å². The van der Waals surface area contributed by atoms with E-state index in [-0.39, 0.29) is 5.91 Å². The molecule has 0 fully saturated rings. The van der Waals surface area contributed by atoms with E-state index in [9.17, 15) is 13.6 Å². The Labute approximate surface area is 126 Å². The maximum absolute atomic E-state index is 13.1. The van der Waals surface area contributed by atoms with E-state index in [1.54, 1.807) is 6.92 Å². The van der Waals surface area contributed by atoms with Gasteiger partial charge in [0.15, 0.2) is 11.6 Å². The molecule has 0 heterocycles. The van der Waals surface area contributed by atoms with Crippen LogP contribution in [0.3, 0.4) is 0 Å². The van der Waals surface area contributed by atoms with Gasteiger partial charge < -0.3 is 5.32 Å². The lowest BCUT2D eigenvalue weighted by molar-refractivity contribution is -0.115. The van der Waals surface area contributed by atoms with E-state index in [4.69, 9.17) is 0 Å². The van der Waals surface area contributed by atoms with E-state index >= 15 is 0 Å². The van der Waals surface area contributed by atoms with Gasteiger partial charge in [0, 0.05) is 10.6 Å². The summed E-state index contributed by atoms with van der Waals surface area (Å²) in [5.41, 5.74) is 1.72. The monoisotopic (exact) mass is 307 g/mol. The van der Waals surface area contributed by atoms with Crippen LogP contribution in [0.1, 0.15) is 12.5 Å². The van der Waals surface area contributed by atoms with Crippen molar-refractivity contribution in [2.75, 3.05) is 5.32 Å². The van der Waals surface area contributed by atoms with Crippen molar-refractivity contribution >= 4 is 23.4 Å². The van der Waals surface area contributed by atoms with Gasteiger partial charge in [0.1, 0.15) is 0 Å². The molecule has 2 rings (SSSR count). The zero-order valence-electron chi connectivity index (χ0n) is 11.7. The molecule has 0 radical (unpaired) electrons. The van der Waals surface area contributed by atoms with Crippen molar-refractivity contribution in [2.24, 2.45) is 0 Å². The van der Waals surface area contributed by atoms with Gasteiger partial charge in [-0.25, -0.2) is 8.78 Å². The van der Waals surface area contributed by atoms with Gasteiger partial charge >= 0.3 is 0 Å². The van der Waals surface area contributed by atoms with Crippen LogP contribution in [0, 0.1) is 18.6 Å². The van der Waals surface area contributed by atoms with Crippen LogP contribution in [0.2, 0.25) is 0 Å². The average molecular weight is 307 g/mol. The molecule has 0 bridgehead atoms. The molecule has 0 aliphatic heterocycles. The summed E-state index contributed by atoms with van der Waals surface area (Å²) in [5.74, 6) is -1.98. The van der Waals surface area contributed by atoms with Crippen LogP contribution in [0.5, 0.6) is 0 Å². The minimum atomic E-state index is -0.911. The second kappa shape index (κ2) is 6.72. The zero-order chi connectivity index (χ0) is 15.4. The smallest absolute Gasteiger partial charge is 0.237 e. The van der Waals surface area contributed by atoms with Gasteiger partial charge in [0.2, 0.25) is 5.91 Å². The number of carbonyl (C=O) groups excluding carboxylic acids is 1. The van der Waals surface area contributed by atoms with Crippen LogP contribution in [0.15, 0.2) is 47.4 Å². The summed E-state index contributed by atoms with van der Waals surface area (Å²) in [6.07, 6.45) is 0. The first kappa shape index (κ1) is 15.5. The van der Waals surface area contributed by atoms with Crippen LogP contribution >= 0.6 is 11.8 Å². The van der Waals surface area contributed by atoms with Crippen molar-refractivity contribution in [1.29, 1.82) is 0 Å². The predicted molar refractivity (Wildman–Crippen MR) is 81.5 cm³/mol. The van der Waals surface area contributed by atoms with E-state index in [1.807, 2.05) is 31.2 Å². The average Bonchev–Trinajstić information content (AvgIpc) is 2.45. The Morgan fingerprint density at radius 3 is 2.52 bits per heavy atom. The lowest BCUT2D eigenvalue weighted by Gasteiger charge is -2.13. The van der Waals surface area contributed by atoms with Gasteiger partial charge in [-0.15, -0.1) is 11.8 Å². The van der Waals surface area contributed by atoms with E-state index in [2.05, 4.69) is 5.32 Å². The lowest BCUT2D eigenvalue weighted by Crippen LogP contribution is -2.22. The maximum Gasteiger partial charge on any atom is 0.237 e. The summed E-state index contributed by atoms with van der Waals surface area (Å²) in [5, 5.41) is 2.41. The van der Waals surface area contributed by atoms with Gasteiger partial charge in [0.25, 0.3) is 0 Å². The third kappa shape index (κ3) is 4.04. The molecule has 110 valence electrons. The third-order valence-corrected chi connectivity index (χ3v) is 4.07. The molecule has 1 unspecified atom stereocenters. The largest absolute Gasteiger partial charge is 0.325 e. The van der Waals surface area contributed by atoms with Gasteiger partial charge in [-0.2, -0.15) is 0 Å². The number of hydrogen-bond donors (Lipinski definition) is 1. The molecular weight excluding hydrogens is 292 g/mol. The Balaban J connectivity index is 2.02. The van der Waals surface area contributed by atoms with Crippen LogP contribution in [-0.2, 0) is 4.79 Å². The highest BCUT2D eigenvalue weighted by atomic mass is 32.2. The number of nitrogens with one attached hydrogen (secondary N) is 1. The van der Waals surface area contributed by atoms with Crippen LogP contribution < -0.4 is 5.32 Å². The number of thioether (sulfide) groups is 1. The third-order valence-electron chi connectivity index (χ3n) is 2.98. The predicted octanol–water partition coefficient (Wildman–Crippen LogP) is 4.39. The molecule has 5 heteroatoms. The van der Waals surface area contributed by atoms with E-state index in [0.717, 1.165) is 23.4 Å². The number of benzene rings is 2. The normalized spacial score (nSPS) is 12.0. The van der Waals surface area contributed by atoms with E-state index < -0.39 is 16.9 Å². The van der Waals surface area contributed by atoms with Gasteiger partial charge in [-0.1, -0.05) is 18.2 Å². The van der Waals surface area contributed by atoms with Gasteiger partial charge in [0.05, 0.1) is 5.25 Å². The Kier molecular flexibility index (Phi) is 4.96. The Morgan fingerprint density at radius 1 is 1.14 bits per heavy atom. The summed E-state index contributed by atoms with van der Waals surface area (Å²) in [4.78, 5) is 12.6. The second-order valence-electron chi connectivity index (χ2n) is 4.64. The number of hydrogen-bond acceptors (Lipinski definition) is 2. The first-order chi connectivity index (χ1) is 9.97. The zero-order valence-corrected chi connectivity index (χ0v) is 12.5. The van der Waals surface area contributed by atoms with Crippen molar-refractivity contribution < 1.29 is 13.6 Å². The highest BCUT2D eigenvalue weighted by Gasteiger charge is 2.16. The lowest BCUT2D eigenvalue weighted by atomic mass is 10.2. The number of aryl methyl sites for hydroxylation is 1. The highest BCUT2D eigenvalue weighted by molar-refractivity contribution is 8.00. The van der Waals surface area contributed by atoms with Crippen LogP contribution in [0.25, 0.3) is 0 Å². The standard InChI is InChI=1S/C16H15F2NOS/c1-10-5-3-4-6-15(10)19-16(20)11(2)21-12-7-8-13(17)14(18)9-12/h3-9,11H,1-2H3,(H,19,20). The first-order valence-corrected chi connectivity index (χ1v) is 7.33. The minimum absolute atomic E-state index is 0.181. The van der Waals surface area contributed by atoms with Crippen molar-refractivity contribution in [3.05, 3.63) is 59.7 Å². The fourth-order valence-corrected chi connectivity index (χ4v) is 2.65. The minimum Gasteiger partial charge on any atom is -0.325 e. The molecule has 0 saturated carbocycles. The molecule has 0 spiro atoms. The quantitative estimate of drug-likeness (QED) is 0.849. The number of rotatable bonds is 4. The number of halogens is 2. The molecular formula is C16H15F2NOS. The number of para-hydroxylation sites is 1. The molecule has 0 aliphatic rings. The Morgan fingerprint density at radius 2 is 1.86 bits per heavy atom. The van der Waals surface area contributed by atoms with Crippen molar-refractivity contribution in [3.8, 4) is 0 Å². The highest BCUT2D eigenvalue weighted by Crippen LogP contribution is 2.26. The summed E-state index contributed by atoms with van der Waals surface area (Å²) in [6, 6.07) is 11.1. The van der Waals surface area contributed by atoms with Crippen LogP contribution in [-0.4, -0.2) is 11.2 Å². The molecule has 2 aromatic rings. The topological polar surface area (TPSA) is 29.1 Å². The number of amides is 1. The van der Waals surface area contributed by atoms with E-state index in [0.29, 0.717) is 4.90 Å². The fraction of sp³-hybridized carbons (Fsp3) is 0.188. The first-order valence-electron chi connectivity index (χ1n) is 6.45. The molecule has 0 aromatic heterocycles. The molecule has 0 aliphatic carbocycles. The summed E-state index contributed by atoms with van der Waals surface area (Å²) in [7, 11) is 0. The number of anilines is 1. The molecule has 2 aromatic carbocycles. The molecule has 0 saturated heterocycles. The SMILES string of the molecule is Cc1ccccc1NC(=O)C(C)Sc1ccc(F)c(F)c1. The van der Waals surface area contributed by atoms with E-state index in [1.165, 1.54) is 17.8 Å².